The largest absolute Gasteiger partial charge is 0.435 e. The highest BCUT2D eigenvalue weighted by Crippen LogP contribution is 2.50. The number of ether oxygens (including phenoxy) is 3. The van der Waals surface area contributed by atoms with E-state index in [9.17, 15) is 9.59 Å². The van der Waals surface area contributed by atoms with Gasteiger partial charge in [0.1, 0.15) is 0 Å². The van der Waals surface area contributed by atoms with E-state index in [2.05, 4.69) is 33.4 Å². The third-order valence-electron chi connectivity index (χ3n) is 5.92. The Hall–Kier alpha value is -1.62. The van der Waals surface area contributed by atoms with Crippen molar-refractivity contribution < 1.29 is 23.8 Å². The zero-order valence-electron chi connectivity index (χ0n) is 16.2. The van der Waals surface area contributed by atoms with E-state index < -0.39 is 18.5 Å². The molecule has 0 amide bonds. The fraction of sp³-hybridized carbons (Fsp3) is 0.714. The third-order valence-corrected chi connectivity index (χ3v) is 5.92. The van der Waals surface area contributed by atoms with E-state index in [4.69, 9.17) is 14.2 Å². The minimum absolute atomic E-state index is 0.0492. The lowest BCUT2D eigenvalue weighted by atomic mass is 9.63. The zero-order chi connectivity index (χ0) is 19.1. The molecule has 3 rings (SSSR count). The second-order valence-corrected chi connectivity index (χ2v) is 9.06. The molecule has 5 heteroatoms. The summed E-state index contributed by atoms with van der Waals surface area (Å²) in [6, 6.07) is 0. The van der Waals surface area contributed by atoms with E-state index >= 15 is 0 Å². The third kappa shape index (κ3) is 3.88. The number of allylic oxidation sites excluding steroid dienone is 2. The van der Waals surface area contributed by atoms with Crippen LogP contribution in [0.2, 0.25) is 0 Å². The lowest BCUT2D eigenvalue weighted by Crippen LogP contribution is -2.32. The predicted molar refractivity (Wildman–Crippen MR) is 96.8 cm³/mol. The summed E-state index contributed by atoms with van der Waals surface area (Å²) in [5, 5.41) is 0. The van der Waals surface area contributed by atoms with Crippen molar-refractivity contribution >= 4 is 11.9 Å². The average Bonchev–Trinajstić information content (AvgIpc) is 2.98. The quantitative estimate of drug-likeness (QED) is 0.556. The highest BCUT2D eigenvalue weighted by atomic mass is 16.8. The second-order valence-electron chi connectivity index (χ2n) is 9.06. The van der Waals surface area contributed by atoms with Gasteiger partial charge >= 0.3 is 11.9 Å². The molecular formula is C21H30O5. The summed E-state index contributed by atoms with van der Waals surface area (Å²) in [4.78, 5) is 23.2. The molecule has 1 aliphatic carbocycles. The summed E-state index contributed by atoms with van der Waals surface area (Å²) in [5.41, 5.74) is 1.34. The van der Waals surface area contributed by atoms with Crippen LogP contribution >= 0.6 is 0 Å². The molecule has 0 unspecified atom stereocenters. The summed E-state index contributed by atoms with van der Waals surface area (Å²) in [5.74, 6) is -1.04. The lowest BCUT2D eigenvalue weighted by Gasteiger charge is -2.42. The Labute approximate surface area is 155 Å². The predicted octanol–water partition coefficient (Wildman–Crippen LogP) is 4.13. The van der Waals surface area contributed by atoms with Gasteiger partial charge in [0.15, 0.2) is 0 Å². The molecule has 0 radical (unpaired) electrons. The van der Waals surface area contributed by atoms with E-state index in [-0.39, 0.29) is 29.6 Å². The SMILES string of the molecule is C=CC(=C[C@@]1(C)CCCC(C)(C)C1)[C@@H]1[C@@H](OC(C)=O)O[C@@H]2OC(=O)C[C@@H]21. The molecule has 0 aromatic carbocycles. The van der Waals surface area contributed by atoms with Gasteiger partial charge in [0, 0.05) is 12.8 Å². The molecule has 5 nitrogen and oxygen atoms in total. The van der Waals surface area contributed by atoms with Crippen LogP contribution in [0.15, 0.2) is 24.3 Å². The van der Waals surface area contributed by atoms with Crippen LogP contribution < -0.4 is 0 Å². The van der Waals surface area contributed by atoms with E-state index in [1.807, 2.05) is 6.08 Å². The minimum Gasteiger partial charge on any atom is -0.435 e. The lowest BCUT2D eigenvalue weighted by molar-refractivity contribution is -0.206. The molecule has 144 valence electrons. The van der Waals surface area contributed by atoms with Gasteiger partial charge in [0.25, 0.3) is 0 Å². The number of carbonyl (C=O) groups excluding carboxylic acids is 2. The zero-order valence-corrected chi connectivity index (χ0v) is 16.2. The van der Waals surface area contributed by atoms with Crippen LogP contribution in [-0.2, 0) is 23.8 Å². The minimum atomic E-state index is -0.736. The van der Waals surface area contributed by atoms with Crippen molar-refractivity contribution in [1.82, 2.24) is 0 Å². The Bertz CT molecular complexity index is 634. The summed E-state index contributed by atoms with van der Waals surface area (Å²) in [7, 11) is 0. The van der Waals surface area contributed by atoms with Gasteiger partial charge < -0.3 is 14.2 Å². The maximum Gasteiger partial charge on any atom is 0.308 e. The molecule has 0 aromatic rings. The molecule has 0 N–H and O–H groups in total. The van der Waals surface area contributed by atoms with Gasteiger partial charge in [-0.15, -0.1) is 0 Å². The Morgan fingerprint density at radius 3 is 2.65 bits per heavy atom. The molecule has 26 heavy (non-hydrogen) atoms. The van der Waals surface area contributed by atoms with Crippen LogP contribution in [0.3, 0.4) is 0 Å². The summed E-state index contributed by atoms with van der Waals surface area (Å²) < 4.78 is 16.4. The van der Waals surface area contributed by atoms with Crippen LogP contribution in [0.1, 0.15) is 59.8 Å². The Morgan fingerprint density at radius 2 is 2.04 bits per heavy atom. The molecule has 2 aliphatic heterocycles. The molecule has 0 aromatic heterocycles. The number of carbonyl (C=O) groups is 2. The van der Waals surface area contributed by atoms with E-state index in [0.29, 0.717) is 5.41 Å². The van der Waals surface area contributed by atoms with Crippen molar-refractivity contribution in [1.29, 1.82) is 0 Å². The van der Waals surface area contributed by atoms with Crippen LogP contribution in [0.25, 0.3) is 0 Å². The van der Waals surface area contributed by atoms with Gasteiger partial charge in [-0.2, -0.15) is 0 Å². The second kappa shape index (κ2) is 6.84. The highest BCUT2D eigenvalue weighted by Gasteiger charge is 2.54. The van der Waals surface area contributed by atoms with Gasteiger partial charge in [-0.05, 0) is 35.7 Å². The van der Waals surface area contributed by atoms with Crippen molar-refractivity contribution in [2.75, 3.05) is 0 Å². The molecule has 0 spiro atoms. The molecule has 2 heterocycles. The molecule has 2 saturated heterocycles. The first kappa shape index (κ1) is 19.2. The maximum atomic E-state index is 11.7. The Kier molecular flexibility index (Phi) is 5.04. The molecular weight excluding hydrogens is 332 g/mol. The van der Waals surface area contributed by atoms with Crippen LogP contribution in [0.5, 0.6) is 0 Å². The fourth-order valence-corrected chi connectivity index (χ4v) is 5.12. The number of hydrogen-bond acceptors (Lipinski definition) is 5. The molecule has 3 aliphatic rings. The smallest absolute Gasteiger partial charge is 0.308 e. The number of hydrogen-bond donors (Lipinski definition) is 0. The van der Waals surface area contributed by atoms with Gasteiger partial charge in [-0.25, -0.2) is 0 Å². The first-order valence-corrected chi connectivity index (χ1v) is 9.50. The number of rotatable bonds is 4. The van der Waals surface area contributed by atoms with Gasteiger partial charge in [-0.1, -0.05) is 45.9 Å². The van der Waals surface area contributed by atoms with E-state index in [1.165, 1.54) is 19.8 Å². The highest BCUT2D eigenvalue weighted by molar-refractivity contribution is 5.72. The monoisotopic (exact) mass is 362 g/mol. The van der Waals surface area contributed by atoms with Crippen molar-refractivity contribution in [2.45, 2.75) is 72.4 Å². The summed E-state index contributed by atoms with van der Waals surface area (Å²) >= 11 is 0. The molecule has 1 saturated carbocycles. The van der Waals surface area contributed by atoms with Gasteiger partial charge in [0.05, 0.1) is 12.3 Å². The first-order chi connectivity index (χ1) is 12.1. The van der Waals surface area contributed by atoms with Crippen LogP contribution in [-0.4, -0.2) is 24.5 Å². The first-order valence-electron chi connectivity index (χ1n) is 9.50. The summed E-state index contributed by atoms with van der Waals surface area (Å²) in [6.07, 6.45) is 7.62. The topological polar surface area (TPSA) is 61.8 Å². The van der Waals surface area contributed by atoms with Crippen molar-refractivity contribution in [3.8, 4) is 0 Å². The Balaban J connectivity index is 1.91. The van der Waals surface area contributed by atoms with Gasteiger partial charge in [0.2, 0.25) is 12.6 Å². The normalized spacial score (nSPS) is 39.2. The van der Waals surface area contributed by atoms with E-state index in [1.54, 1.807) is 0 Å². The fourth-order valence-electron chi connectivity index (χ4n) is 5.12. The average molecular weight is 362 g/mol. The maximum absolute atomic E-state index is 11.7. The standard InChI is InChI=1S/C21H30O5/c1-6-14(11-21(5)9-7-8-20(3,4)12-21)17-15-10-16(23)25-18(15)26-19(17)24-13(2)22/h6,11,15,17-19H,1,7-10,12H2,2-5H3/t15-,17+,18+,19+,21-/m1/s1. The van der Waals surface area contributed by atoms with Crippen molar-refractivity contribution in [2.24, 2.45) is 22.7 Å². The molecule has 3 fully saturated rings. The number of esters is 2. The van der Waals surface area contributed by atoms with Crippen LogP contribution in [0.4, 0.5) is 0 Å². The van der Waals surface area contributed by atoms with Gasteiger partial charge in [-0.3, -0.25) is 9.59 Å². The van der Waals surface area contributed by atoms with E-state index in [0.717, 1.165) is 18.4 Å². The number of fused-ring (bicyclic) bond motifs is 1. The summed E-state index contributed by atoms with van der Waals surface area (Å²) in [6.45, 7) is 12.3. The molecule has 0 bridgehead atoms. The Morgan fingerprint density at radius 1 is 1.31 bits per heavy atom. The van der Waals surface area contributed by atoms with Crippen molar-refractivity contribution in [3.05, 3.63) is 24.3 Å². The van der Waals surface area contributed by atoms with Crippen molar-refractivity contribution in [3.63, 3.8) is 0 Å². The van der Waals surface area contributed by atoms with Crippen LogP contribution in [0, 0.1) is 22.7 Å². The molecule has 5 atom stereocenters.